The summed E-state index contributed by atoms with van der Waals surface area (Å²) >= 11 is 2.08. The summed E-state index contributed by atoms with van der Waals surface area (Å²) in [6.45, 7) is 11.5. The van der Waals surface area contributed by atoms with E-state index in [0.29, 0.717) is 39.1 Å². The first kappa shape index (κ1) is 48.1. The van der Waals surface area contributed by atoms with E-state index in [1.165, 1.54) is 17.0 Å². The van der Waals surface area contributed by atoms with Gasteiger partial charge in [-0.15, -0.1) is 0 Å². The fourth-order valence-corrected chi connectivity index (χ4v) is 9.34. The van der Waals surface area contributed by atoms with E-state index in [1.54, 1.807) is 86.6 Å². The number of aromatic nitrogens is 6. The molecule has 0 saturated carbocycles. The summed E-state index contributed by atoms with van der Waals surface area (Å²) in [5.74, 6) is -1.49. The van der Waals surface area contributed by atoms with E-state index in [0.717, 1.165) is 33.8 Å². The molecule has 6 heterocycles. The van der Waals surface area contributed by atoms with E-state index < -0.39 is 41.6 Å². The second kappa shape index (κ2) is 20.3. The number of nitrogen functional groups attached to an aromatic ring is 2. The Bertz CT molecular complexity index is 2970. The van der Waals surface area contributed by atoms with E-state index in [2.05, 4.69) is 24.9 Å². The summed E-state index contributed by atoms with van der Waals surface area (Å²) in [7, 11) is 0. The van der Waals surface area contributed by atoms with Crippen molar-refractivity contribution < 1.29 is 38.1 Å². The summed E-state index contributed by atoms with van der Waals surface area (Å²) in [6, 6.07) is 26.2. The number of anilines is 2. The van der Waals surface area contributed by atoms with Gasteiger partial charge in [-0.25, -0.2) is 24.4 Å². The smallest absolute Gasteiger partial charge is 0.340 e. The fraction of sp³-hybridized carbons (Fsp3) is 0.340. The van der Waals surface area contributed by atoms with Crippen LogP contribution in [-0.2, 0) is 23.7 Å². The maximum atomic E-state index is 12.9. The first-order chi connectivity index (χ1) is 32.1. The minimum absolute atomic E-state index is 0.0603. The molecule has 2 saturated heterocycles. The van der Waals surface area contributed by atoms with Crippen LogP contribution in [-0.4, -0.2) is 77.1 Å². The molecule has 20 heteroatoms. The number of thiazole rings is 2. The number of ether oxygens (including phenoxy) is 5. The fourth-order valence-electron chi connectivity index (χ4n) is 7.89. The Morgan fingerprint density at radius 2 is 1.16 bits per heavy atom. The van der Waals surface area contributed by atoms with Crippen molar-refractivity contribution in [1.82, 2.24) is 29.5 Å². The van der Waals surface area contributed by atoms with E-state index in [-0.39, 0.29) is 45.7 Å². The maximum absolute atomic E-state index is 12.9. The van der Waals surface area contributed by atoms with Gasteiger partial charge in [0.25, 0.3) is 0 Å². The van der Waals surface area contributed by atoms with Crippen molar-refractivity contribution in [3.63, 3.8) is 0 Å². The number of hydrogen-bond acceptors (Lipinski definition) is 18. The minimum atomic E-state index is -1.09. The molecule has 0 aliphatic carbocycles. The van der Waals surface area contributed by atoms with Crippen LogP contribution in [0.2, 0.25) is 0 Å². The van der Waals surface area contributed by atoms with Crippen LogP contribution in [0.15, 0.2) is 113 Å². The number of nitrogens with zero attached hydrogens (tertiary/aromatic N) is 5. The van der Waals surface area contributed by atoms with Crippen LogP contribution in [0, 0.1) is 11.8 Å². The highest BCUT2D eigenvalue weighted by molar-refractivity contribution is 7.16. The molecule has 67 heavy (non-hydrogen) atoms. The van der Waals surface area contributed by atoms with Gasteiger partial charge in [0.2, 0.25) is 18.2 Å². The molecule has 0 radical (unpaired) electrons. The molecular weight excluding hydrogens is 901 g/mol. The Kier molecular flexibility index (Phi) is 14.6. The van der Waals surface area contributed by atoms with Crippen molar-refractivity contribution in [2.24, 2.45) is 11.8 Å². The van der Waals surface area contributed by atoms with Gasteiger partial charge in [0.05, 0.1) is 50.7 Å². The molecule has 0 unspecified atom stereocenters. The number of rotatable bonds is 9. The van der Waals surface area contributed by atoms with Gasteiger partial charge in [-0.3, -0.25) is 19.1 Å². The van der Waals surface area contributed by atoms with Gasteiger partial charge >= 0.3 is 27.7 Å². The summed E-state index contributed by atoms with van der Waals surface area (Å²) in [5, 5.41) is 0. The van der Waals surface area contributed by atoms with Crippen LogP contribution in [0.3, 0.4) is 0 Å². The van der Waals surface area contributed by atoms with Crippen LogP contribution in [0.1, 0.15) is 91.7 Å². The second-order valence-corrected chi connectivity index (χ2v) is 18.2. The van der Waals surface area contributed by atoms with Crippen LogP contribution in [0.4, 0.5) is 11.9 Å². The van der Waals surface area contributed by atoms with Gasteiger partial charge < -0.3 is 35.2 Å². The minimum Gasteiger partial charge on any atom is -0.451 e. The number of nitrogens with two attached hydrogens (primary N) is 2. The lowest BCUT2D eigenvalue weighted by molar-refractivity contribution is -0.169. The number of nitrogens with one attached hydrogen (secondary N) is 1. The quantitative estimate of drug-likeness (QED) is 0.0956. The lowest BCUT2D eigenvalue weighted by atomic mass is 9.86. The molecule has 3 aromatic carbocycles. The molecule has 0 bridgehead atoms. The number of benzene rings is 3. The molecule has 7 aromatic rings. The largest absolute Gasteiger partial charge is 0.451 e. The summed E-state index contributed by atoms with van der Waals surface area (Å²) < 4.78 is 32.4. The molecule has 5 N–H and O–H groups in total. The third-order valence-electron chi connectivity index (χ3n) is 12.0. The summed E-state index contributed by atoms with van der Waals surface area (Å²) in [4.78, 5) is 79.5. The van der Waals surface area contributed by atoms with Crippen LogP contribution >= 0.6 is 22.7 Å². The zero-order chi connectivity index (χ0) is 48.0. The van der Waals surface area contributed by atoms with Gasteiger partial charge in [-0.2, -0.15) is 9.97 Å². The number of carbonyl (C=O) groups is 3. The van der Waals surface area contributed by atoms with Crippen molar-refractivity contribution in [2.75, 3.05) is 11.5 Å². The van der Waals surface area contributed by atoms with Gasteiger partial charge in [0.1, 0.15) is 0 Å². The predicted octanol–water partition coefficient (Wildman–Crippen LogP) is 7.19. The lowest BCUT2D eigenvalue weighted by Crippen LogP contribution is -2.46. The highest BCUT2D eigenvalue weighted by atomic mass is 32.1. The number of fused-ring (bicyclic) bond motifs is 2. The van der Waals surface area contributed by atoms with E-state index in [9.17, 15) is 24.0 Å². The molecular formula is C47H50N8O10S2. The summed E-state index contributed by atoms with van der Waals surface area (Å²) in [6.07, 6.45) is 2.32. The van der Waals surface area contributed by atoms with Crippen molar-refractivity contribution in [3.05, 3.63) is 139 Å². The molecule has 2 aliphatic heterocycles. The average molecular weight is 951 g/mol. The van der Waals surface area contributed by atoms with Crippen LogP contribution in [0.25, 0.3) is 20.7 Å². The monoisotopic (exact) mass is 950 g/mol. The number of H-pyrrole nitrogens is 1. The normalized spacial score (nSPS) is 24.2. The lowest BCUT2D eigenvalue weighted by Gasteiger charge is -2.33. The van der Waals surface area contributed by atoms with Gasteiger partial charge in [0, 0.05) is 11.8 Å². The Morgan fingerprint density at radius 1 is 0.687 bits per heavy atom. The molecule has 0 spiro atoms. The van der Waals surface area contributed by atoms with E-state index in [1.807, 2.05) is 45.9 Å². The molecule has 4 aromatic heterocycles. The van der Waals surface area contributed by atoms with Gasteiger partial charge in [-0.1, -0.05) is 105 Å². The van der Waals surface area contributed by atoms with Crippen molar-refractivity contribution in [1.29, 1.82) is 0 Å². The first-order valence-corrected chi connectivity index (χ1v) is 23.1. The molecule has 9 rings (SSSR count). The third kappa shape index (κ3) is 10.3. The van der Waals surface area contributed by atoms with E-state index >= 15 is 0 Å². The predicted molar refractivity (Wildman–Crippen MR) is 252 cm³/mol. The SMILES string of the molecule is CC[C@H]1O[C@@H](n2c(=O)sc3cnc(N)nc32)[C@](C)(OC(=O)c2ccccc2)[C@@H]1C.CC[C@H]1O[C@H](OC(=O)c2ccccc2)[C@](C)(OC(=O)c2ccccc2)[C@@H]1C.Nc1ncc2sc(=O)[nH]c2n1. The van der Waals surface area contributed by atoms with Crippen LogP contribution in [0.5, 0.6) is 0 Å². The van der Waals surface area contributed by atoms with Crippen molar-refractivity contribution >= 4 is 73.2 Å². The number of carbonyl (C=O) groups excluding carboxylic acids is 3. The number of esters is 3. The highest BCUT2D eigenvalue weighted by Crippen LogP contribution is 2.47. The standard InChI is InChI=1S/C22H24O5.C20H22N4O4S.C5H4N4OS/c1-4-18-15(2)22(3,27-20(24)17-13-9-6-10-14-17)21(25-18)26-19(23)16-11-7-5-8-12-16;1-4-13-11(2)20(3,28-16(25)12-8-6-5-7-9-12)17(27-13)24-15-14(29-19(24)26)10-22-18(21)23-15;6-4-7-1-2-3(8-4)9-5(10)11-2/h5-15,18,21H,4H2,1-3H3;5-11,13,17H,4H2,1-3H3,(H2,21,22,23);1H,(H3,6,7,8,9,10)/t15-,18-,21-,22-;11-,13-,17-,20-;/m11./s1. The zero-order valence-corrected chi connectivity index (χ0v) is 39.1. The number of aromatic amines is 1. The van der Waals surface area contributed by atoms with E-state index in [4.69, 9.17) is 35.2 Å². The number of hydrogen-bond donors (Lipinski definition) is 3. The van der Waals surface area contributed by atoms with Gasteiger partial charge in [-0.05, 0) is 63.1 Å². The molecule has 2 aliphatic rings. The average Bonchev–Trinajstić information content (AvgIpc) is 4.01. The zero-order valence-electron chi connectivity index (χ0n) is 37.5. The molecule has 2 fully saturated rings. The Balaban J connectivity index is 0.000000163. The Hall–Kier alpha value is -6.87. The van der Waals surface area contributed by atoms with Crippen LogP contribution < -0.4 is 21.2 Å². The molecule has 0 amide bonds. The summed E-state index contributed by atoms with van der Waals surface area (Å²) in [5.41, 5.74) is 11.1. The topological polar surface area (TPSA) is 256 Å². The van der Waals surface area contributed by atoms with Gasteiger partial charge in [0.15, 0.2) is 28.7 Å². The highest BCUT2D eigenvalue weighted by Gasteiger charge is 2.57. The molecule has 18 nitrogen and oxygen atoms in total. The van der Waals surface area contributed by atoms with Crippen molar-refractivity contribution in [3.8, 4) is 0 Å². The second-order valence-electron chi connectivity index (χ2n) is 16.2. The third-order valence-corrected chi connectivity index (χ3v) is 13.7. The maximum Gasteiger partial charge on any atom is 0.340 e. The molecule has 350 valence electrons. The Labute approximate surface area is 392 Å². The van der Waals surface area contributed by atoms with Crippen molar-refractivity contribution in [2.45, 2.75) is 90.3 Å². The first-order valence-electron chi connectivity index (χ1n) is 21.4. The Morgan fingerprint density at radius 3 is 1.72 bits per heavy atom. The molecule has 8 atom stereocenters.